The largest absolute Gasteiger partial charge is 0.472 e. The van der Waals surface area contributed by atoms with E-state index in [0.29, 0.717) is 36.7 Å². The normalized spacial score (nSPS) is 15.7. The molecular formula is C46H77NO10P+. The zero-order valence-electron chi connectivity index (χ0n) is 36.2. The predicted octanol–water partition coefficient (Wildman–Crippen LogP) is 9.73. The van der Waals surface area contributed by atoms with Gasteiger partial charge in [0.15, 0.2) is 6.10 Å². The lowest BCUT2D eigenvalue weighted by atomic mass is 10.1. The molecule has 0 aromatic rings. The number of carbonyl (C=O) groups excluding carboxylic acids is 2. The Bertz CT molecular complexity index is 1340. The summed E-state index contributed by atoms with van der Waals surface area (Å²) in [5.41, 5.74) is 0. The molecule has 58 heavy (non-hydrogen) atoms. The minimum Gasteiger partial charge on any atom is -0.462 e. The van der Waals surface area contributed by atoms with Gasteiger partial charge in [0.05, 0.1) is 40.0 Å². The quantitative estimate of drug-likeness (QED) is 0.0139. The van der Waals surface area contributed by atoms with E-state index in [0.717, 1.165) is 44.9 Å². The molecule has 0 aromatic carbocycles. The van der Waals surface area contributed by atoms with Crippen LogP contribution in [0, 0.1) is 0 Å². The average Bonchev–Trinajstić information content (AvgIpc) is 3.16. The predicted molar refractivity (Wildman–Crippen MR) is 236 cm³/mol. The third kappa shape index (κ3) is 39.7. The summed E-state index contributed by atoms with van der Waals surface area (Å²) in [7, 11) is 1.29. The molecule has 0 aliphatic heterocycles. The number of esters is 2. The van der Waals surface area contributed by atoms with Crippen LogP contribution in [0.25, 0.3) is 0 Å². The van der Waals surface area contributed by atoms with E-state index in [1.807, 2.05) is 27.2 Å². The summed E-state index contributed by atoms with van der Waals surface area (Å²) in [5, 5.41) is 20.3. The van der Waals surface area contributed by atoms with Crippen LogP contribution in [-0.2, 0) is 32.7 Å². The van der Waals surface area contributed by atoms with Crippen molar-refractivity contribution >= 4 is 19.8 Å². The number of likely N-dealkylation sites (N-methyl/N-ethyl adjacent to an activating group) is 1. The molecule has 0 radical (unpaired) electrons. The Hall–Kier alpha value is -3.15. The lowest BCUT2D eigenvalue weighted by Crippen LogP contribution is -2.37. The van der Waals surface area contributed by atoms with Crippen LogP contribution in [0.5, 0.6) is 0 Å². The molecule has 0 heterocycles. The summed E-state index contributed by atoms with van der Waals surface area (Å²) in [6.45, 7) is 3.87. The Morgan fingerprint density at radius 3 is 1.84 bits per heavy atom. The van der Waals surface area contributed by atoms with Gasteiger partial charge in [0.2, 0.25) is 0 Å². The second-order valence-electron chi connectivity index (χ2n) is 15.0. The molecule has 0 spiro atoms. The van der Waals surface area contributed by atoms with Gasteiger partial charge in [-0.05, 0) is 77.0 Å². The van der Waals surface area contributed by atoms with Gasteiger partial charge in [-0.2, -0.15) is 0 Å². The number of allylic oxidation sites excluding steroid dienone is 13. The molecular weight excluding hydrogens is 757 g/mol. The molecule has 0 aromatic heterocycles. The highest BCUT2D eigenvalue weighted by molar-refractivity contribution is 7.47. The third-order valence-electron chi connectivity index (χ3n) is 8.29. The van der Waals surface area contributed by atoms with Gasteiger partial charge in [-0.25, -0.2) is 4.57 Å². The molecule has 0 saturated carbocycles. The fourth-order valence-corrected chi connectivity index (χ4v) is 5.64. The number of quaternary nitrogens is 1. The minimum atomic E-state index is -4.45. The summed E-state index contributed by atoms with van der Waals surface area (Å²) in [6.07, 6.45) is 41.0. The zero-order chi connectivity index (χ0) is 43.2. The van der Waals surface area contributed by atoms with E-state index in [9.17, 15) is 29.3 Å². The van der Waals surface area contributed by atoms with E-state index in [-0.39, 0.29) is 26.1 Å². The van der Waals surface area contributed by atoms with Crippen LogP contribution in [0.15, 0.2) is 97.2 Å². The fourth-order valence-electron chi connectivity index (χ4n) is 4.90. The maximum absolute atomic E-state index is 12.7. The molecule has 0 fully saturated rings. The highest BCUT2D eigenvalue weighted by Gasteiger charge is 2.27. The van der Waals surface area contributed by atoms with Crippen LogP contribution < -0.4 is 0 Å². The monoisotopic (exact) mass is 835 g/mol. The van der Waals surface area contributed by atoms with E-state index in [2.05, 4.69) is 68.5 Å². The van der Waals surface area contributed by atoms with Crippen molar-refractivity contribution in [2.45, 2.75) is 135 Å². The Balaban J connectivity index is 4.74. The van der Waals surface area contributed by atoms with Gasteiger partial charge >= 0.3 is 19.8 Å². The van der Waals surface area contributed by atoms with Gasteiger partial charge in [0.25, 0.3) is 0 Å². The molecule has 330 valence electrons. The number of hydrogen-bond donors (Lipinski definition) is 3. The molecule has 0 rings (SSSR count). The first-order valence-corrected chi connectivity index (χ1v) is 22.7. The van der Waals surface area contributed by atoms with Crippen molar-refractivity contribution in [2.75, 3.05) is 47.5 Å². The molecule has 0 aliphatic carbocycles. The minimum absolute atomic E-state index is 0.0138. The lowest BCUT2D eigenvalue weighted by Gasteiger charge is -2.24. The number of aliphatic hydroxyl groups is 2. The standard InChI is InChI=1S/C46H76NO10P/c1-6-8-10-12-14-15-16-17-18-19-20-21-22-24-30-36-46(51)57-44(41-56-58(52,53)55-39-38-47(3,4)5)40-54-45(50)37-31-35-43(49)34-29-26-25-28-33-42(48)32-27-23-13-11-9-7-2/h8,10,14-15,17-18,20-21,23,25-29,33-34,42-44,48-49H,6-7,9,11-13,16,19,22,24,30-32,35-41H2,1-5H3/p+1/b10-8-,15-14-,18-17-,21-20-,26-25+,27-23-,33-28+,34-29-/t42-,43-,44-/m1/s1. The Kier molecular flexibility index (Phi) is 34.9. The number of carbonyl (C=O) groups is 2. The first kappa shape index (κ1) is 54.9. The Labute approximate surface area is 350 Å². The van der Waals surface area contributed by atoms with Gasteiger partial charge in [-0.1, -0.05) is 124 Å². The van der Waals surface area contributed by atoms with Crippen molar-refractivity contribution in [1.82, 2.24) is 0 Å². The smallest absolute Gasteiger partial charge is 0.462 e. The summed E-state index contributed by atoms with van der Waals surface area (Å²) in [4.78, 5) is 35.3. The number of ether oxygens (including phenoxy) is 2. The maximum atomic E-state index is 12.7. The van der Waals surface area contributed by atoms with Crippen LogP contribution in [0.4, 0.5) is 0 Å². The van der Waals surface area contributed by atoms with Crippen molar-refractivity contribution in [1.29, 1.82) is 0 Å². The molecule has 3 N–H and O–H groups in total. The SMILES string of the molecule is CC/C=C\C/C=C\C/C=C\C/C=C\CCCCC(=O)O[C@H](COC(=O)CCC[C@H](O)\C=C/C=C/C=C/[C@H](O)C/C=C\CCCCC)COP(=O)(O)OCC[N+](C)(C)C. The van der Waals surface area contributed by atoms with Crippen LogP contribution in [0.3, 0.4) is 0 Å². The number of aliphatic hydroxyl groups excluding tert-OH is 2. The van der Waals surface area contributed by atoms with Crippen molar-refractivity contribution in [2.24, 2.45) is 0 Å². The highest BCUT2D eigenvalue weighted by Crippen LogP contribution is 2.43. The van der Waals surface area contributed by atoms with Gasteiger partial charge in [0.1, 0.15) is 19.8 Å². The highest BCUT2D eigenvalue weighted by atomic mass is 31.2. The van der Waals surface area contributed by atoms with Crippen molar-refractivity contribution in [3.8, 4) is 0 Å². The fraction of sp³-hybridized carbons (Fsp3) is 0.609. The van der Waals surface area contributed by atoms with Crippen LogP contribution in [-0.4, -0.2) is 97.3 Å². The lowest BCUT2D eigenvalue weighted by molar-refractivity contribution is -0.870. The van der Waals surface area contributed by atoms with Gasteiger partial charge < -0.3 is 29.1 Å². The van der Waals surface area contributed by atoms with E-state index < -0.39 is 44.7 Å². The second-order valence-corrected chi connectivity index (χ2v) is 16.5. The zero-order valence-corrected chi connectivity index (χ0v) is 37.1. The number of phosphoric ester groups is 1. The van der Waals surface area contributed by atoms with Crippen LogP contribution >= 0.6 is 7.82 Å². The van der Waals surface area contributed by atoms with Crippen molar-refractivity contribution in [3.05, 3.63) is 97.2 Å². The summed E-state index contributed by atoms with van der Waals surface area (Å²) >= 11 is 0. The third-order valence-corrected chi connectivity index (χ3v) is 9.27. The summed E-state index contributed by atoms with van der Waals surface area (Å²) in [5.74, 6) is -1.10. The molecule has 0 bridgehead atoms. The molecule has 12 heteroatoms. The topological polar surface area (TPSA) is 149 Å². The summed E-state index contributed by atoms with van der Waals surface area (Å²) in [6, 6.07) is 0. The second kappa shape index (κ2) is 36.9. The first-order valence-electron chi connectivity index (χ1n) is 21.2. The number of rotatable bonds is 36. The van der Waals surface area contributed by atoms with E-state index >= 15 is 0 Å². The van der Waals surface area contributed by atoms with Gasteiger partial charge in [-0.15, -0.1) is 0 Å². The maximum Gasteiger partial charge on any atom is 0.472 e. The molecule has 0 amide bonds. The number of nitrogens with zero attached hydrogens (tertiary/aromatic N) is 1. The Morgan fingerprint density at radius 1 is 0.655 bits per heavy atom. The molecule has 0 aliphatic rings. The van der Waals surface area contributed by atoms with E-state index in [1.54, 1.807) is 36.5 Å². The van der Waals surface area contributed by atoms with E-state index in [4.69, 9.17) is 18.5 Å². The van der Waals surface area contributed by atoms with Crippen LogP contribution in [0.2, 0.25) is 0 Å². The van der Waals surface area contributed by atoms with E-state index in [1.165, 1.54) is 19.3 Å². The Morgan fingerprint density at radius 2 is 1.22 bits per heavy atom. The average molecular weight is 835 g/mol. The van der Waals surface area contributed by atoms with Crippen LogP contribution in [0.1, 0.15) is 117 Å². The molecule has 4 atom stereocenters. The summed E-state index contributed by atoms with van der Waals surface area (Å²) < 4.78 is 34.0. The molecule has 1 unspecified atom stereocenters. The van der Waals surface area contributed by atoms with Crippen molar-refractivity contribution in [3.63, 3.8) is 0 Å². The first-order chi connectivity index (χ1) is 27.8. The number of unbranched alkanes of at least 4 members (excludes halogenated alkanes) is 5. The van der Waals surface area contributed by atoms with Gasteiger partial charge in [-0.3, -0.25) is 18.6 Å². The molecule has 11 nitrogen and oxygen atoms in total. The van der Waals surface area contributed by atoms with Gasteiger partial charge in [0, 0.05) is 12.8 Å². The molecule has 0 saturated heterocycles. The number of phosphoric acid groups is 1. The number of hydrogen-bond acceptors (Lipinski definition) is 9. The van der Waals surface area contributed by atoms with Crippen molar-refractivity contribution < 1.29 is 52.3 Å².